The number of nitrogens with zero attached hydrogens (tertiary/aromatic N) is 4. The average Bonchev–Trinajstić information content (AvgIpc) is 2.90. The maximum Gasteiger partial charge on any atom is 0.161 e. The maximum absolute atomic E-state index is 4.77. The fourth-order valence-electron chi connectivity index (χ4n) is 3.17. The highest BCUT2D eigenvalue weighted by Crippen LogP contribution is 2.27. The number of hydrogen-bond acceptors (Lipinski definition) is 4. The molecule has 0 saturated carbocycles. The Balaban J connectivity index is 1.87. The largest absolute Gasteiger partial charge is 0.352 e. The summed E-state index contributed by atoms with van der Waals surface area (Å²) in [5.74, 6) is 1.83. The molecule has 1 aromatic heterocycles. The molecule has 0 amide bonds. The van der Waals surface area contributed by atoms with Gasteiger partial charge in [0.25, 0.3) is 0 Å². The molecule has 0 unspecified atom stereocenters. The second-order valence-corrected chi connectivity index (χ2v) is 5.86. The van der Waals surface area contributed by atoms with Gasteiger partial charge in [-0.3, -0.25) is 0 Å². The first-order valence-electron chi connectivity index (χ1n) is 7.48. The molecule has 0 N–H and O–H groups in total. The molecule has 0 bridgehead atoms. The number of hydrogen-bond donors (Lipinski definition) is 0. The molecule has 110 valence electrons. The van der Waals surface area contributed by atoms with Crippen LogP contribution in [0, 0.1) is 0 Å². The molecule has 2 heterocycles. The van der Waals surface area contributed by atoms with Crippen molar-refractivity contribution in [3.8, 4) is 11.4 Å². The lowest BCUT2D eigenvalue weighted by molar-refractivity contribution is 0.282. The summed E-state index contributed by atoms with van der Waals surface area (Å²) in [5, 5.41) is 0. The van der Waals surface area contributed by atoms with E-state index in [-0.39, 0.29) is 0 Å². The predicted molar refractivity (Wildman–Crippen MR) is 86.4 cm³/mol. The SMILES string of the molecule is C[C@H]1[C@H](N(C)C)CCN1c1ccnc(-c2ccccc2)n1. The van der Waals surface area contributed by atoms with Crippen molar-refractivity contribution in [3.63, 3.8) is 0 Å². The molecule has 1 saturated heterocycles. The van der Waals surface area contributed by atoms with Crippen LogP contribution in [0.3, 0.4) is 0 Å². The molecule has 0 spiro atoms. The molecule has 2 aromatic rings. The van der Waals surface area contributed by atoms with E-state index in [2.05, 4.69) is 47.9 Å². The highest BCUT2D eigenvalue weighted by atomic mass is 15.3. The van der Waals surface area contributed by atoms with Gasteiger partial charge in [0, 0.05) is 30.4 Å². The minimum absolute atomic E-state index is 0.471. The van der Waals surface area contributed by atoms with Gasteiger partial charge in [0.05, 0.1) is 0 Å². The summed E-state index contributed by atoms with van der Waals surface area (Å²) in [4.78, 5) is 13.9. The predicted octanol–water partition coefficient (Wildman–Crippen LogP) is 2.67. The number of likely N-dealkylation sites (N-methyl/N-ethyl adjacent to an activating group) is 1. The van der Waals surface area contributed by atoms with Crippen molar-refractivity contribution in [1.29, 1.82) is 0 Å². The topological polar surface area (TPSA) is 32.3 Å². The second kappa shape index (κ2) is 5.82. The summed E-state index contributed by atoms with van der Waals surface area (Å²) in [7, 11) is 4.31. The van der Waals surface area contributed by atoms with Crippen molar-refractivity contribution in [1.82, 2.24) is 14.9 Å². The van der Waals surface area contributed by atoms with Gasteiger partial charge in [-0.1, -0.05) is 30.3 Å². The van der Waals surface area contributed by atoms with Gasteiger partial charge < -0.3 is 9.80 Å². The summed E-state index contributed by atoms with van der Waals surface area (Å²) in [5.41, 5.74) is 1.07. The highest BCUT2D eigenvalue weighted by Gasteiger charge is 2.32. The van der Waals surface area contributed by atoms with Gasteiger partial charge in [0.2, 0.25) is 0 Å². The van der Waals surface area contributed by atoms with Crippen LogP contribution >= 0.6 is 0 Å². The summed E-state index contributed by atoms with van der Waals surface area (Å²) >= 11 is 0. The number of aromatic nitrogens is 2. The minimum atomic E-state index is 0.471. The fourth-order valence-corrected chi connectivity index (χ4v) is 3.17. The molecule has 3 rings (SSSR count). The Bertz CT molecular complexity index is 597. The second-order valence-electron chi connectivity index (χ2n) is 5.86. The Morgan fingerprint density at radius 3 is 2.57 bits per heavy atom. The average molecular weight is 282 g/mol. The molecule has 1 aliphatic rings. The molecular weight excluding hydrogens is 260 g/mol. The van der Waals surface area contributed by atoms with Gasteiger partial charge in [-0.25, -0.2) is 9.97 Å². The molecular formula is C17H22N4. The zero-order valence-electron chi connectivity index (χ0n) is 12.9. The smallest absolute Gasteiger partial charge is 0.161 e. The van der Waals surface area contributed by atoms with Crippen LogP contribution in [0.15, 0.2) is 42.6 Å². The van der Waals surface area contributed by atoms with Crippen molar-refractivity contribution in [2.45, 2.75) is 25.4 Å². The number of benzene rings is 1. The quantitative estimate of drug-likeness (QED) is 0.866. The van der Waals surface area contributed by atoms with Crippen molar-refractivity contribution < 1.29 is 0 Å². The normalized spacial score (nSPS) is 22.0. The van der Waals surface area contributed by atoms with Crippen LogP contribution in [0.2, 0.25) is 0 Å². The fraction of sp³-hybridized carbons (Fsp3) is 0.412. The van der Waals surface area contributed by atoms with E-state index >= 15 is 0 Å². The first-order chi connectivity index (χ1) is 10.2. The van der Waals surface area contributed by atoms with Crippen LogP contribution in [0.5, 0.6) is 0 Å². The van der Waals surface area contributed by atoms with Crippen LogP contribution in [0.1, 0.15) is 13.3 Å². The van der Waals surface area contributed by atoms with E-state index in [1.807, 2.05) is 30.5 Å². The molecule has 1 aromatic carbocycles. The van der Waals surface area contributed by atoms with Gasteiger partial charge in [0.1, 0.15) is 5.82 Å². The van der Waals surface area contributed by atoms with Crippen molar-refractivity contribution in [3.05, 3.63) is 42.6 Å². The summed E-state index contributed by atoms with van der Waals surface area (Å²) in [6.07, 6.45) is 3.04. The highest BCUT2D eigenvalue weighted by molar-refractivity contribution is 5.57. The first kappa shape index (κ1) is 14.0. The summed E-state index contributed by atoms with van der Waals surface area (Å²) < 4.78 is 0. The third-order valence-electron chi connectivity index (χ3n) is 4.34. The molecule has 0 radical (unpaired) electrons. The lowest BCUT2D eigenvalue weighted by Crippen LogP contribution is -2.40. The van der Waals surface area contributed by atoms with E-state index in [0.29, 0.717) is 12.1 Å². The van der Waals surface area contributed by atoms with Gasteiger partial charge in [-0.15, -0.1) is 0 Å². The van der Waals surface area contributed by atoms with E-state index in [4.69, 9.17) is 4.98 Å². The maximum atomic E-state index is 4.77. The van der Waals surface area contributed by atoms with Crippen LogP contribution in [-0.2, 0) is 0 Å². The van der Waals surface area contributed by atoms with Crippen LogP contribution in [0.4, 0.5) is 5.82 Å². The van der Waals surface area contributed by atoms with Crippen molar-refractivity contribution in [2.75, 3.05) is 25.5 Å². The summed E-state index contributed by atoms with van der Waals surface area (Å²) in [6.45, 7) is 3.33. The Morgan fingerprint density at radius 2 is 1.90 bits per heavy atom. The zero-order valence-corrected chi connectivity index (χ0v) is 12.9. The van der Waals surface area contributed by atoms with Gasteiger partial charge in [-0.2, -0.15) is 0 Å². The Labute approximate surface area is 126 Å². The molecule has 4 nitrogen and oxygen atoms in total. The van der Waals surface area contributed by atoms with E-state index in [9.17, 15) is 0 Å². The third kappa shape index (κ3) is 2.76. The third-order valence-corrected chi connectivity index (χ3v) is 4.34. The molecule has 1 fully saturated rings. The van der Waals surface area contributed by atoms with Crippen molar-refractivity contribution in [2.24, 2.45) is 0 Å². The molecule has 0 aliphatic carbocycles. The number of anilines is 1. The van der Waals surface area contributed by atoms with E-state index in [1.165, 1.54) is 6.42 Å². The molecule has 1 aliphatic heterocycles. The van der Waals surface area contributed by atoms with Gasteiger partial charge in [0.15, 0.2) is 5.82 Å². The van der Waals surface area contributed by atoms with Crippen LogP contribution in [-0.4, -0.2) is 47.6 Å². The van der Waals surface area contributed by atoms with Gasteiger partial charge >= 0.3 is 0 Å². The minimum Gasteiger partial charge on any atom is -0.352 e. The summed E-state index contributed by atoms with van der Waals surface area (Å²) in [6, 6.07) is 13.2. The van der Waals surface area contributed by atoms with E-state index in [0.717, 1.165) is 23.8 Å². The lowest BCUT2D eigenvalue weighted by Gasteiger charge is -2.29. The Hall–Kier alpha value is -1.94. The van der Waals surface area contributed by atoms with Crippen LogP contribution in [0.25, 0.3) is 11.4 Å². The Morgan fingerprint density at radius 1 is 1.14 bits per heavy atom. The first-order valence-corrected chi connectivity index (χ1v) is 7.48. The van der Waals surface area contributed by atoms with E-state index in [1.54, 1.807) is 0 Å². The molecule has 4 heteroatoms. The Kier molecular flexibility index (Phi) is 3.88. The zero-order chi connectivity index (χ0) is 14.8. The number of rotatable bonds is 3. The molecule has 2 atom stereocenters. The lowest BCUT2D eigenvalue weighted by atomic mass is 10.1. The van der Waals surface area contributed by atoms with Crippen molar-refractivity contribution >= 4 is 5.82 Å². The monoisotopic (exact) mass is 282 g/mol. The standard InChI is InChI=1S/C17H22N4/c1-13-15(20(2)3)10-12-21(13)16-9-11-18-17(19-16)14-7-5-4-6-8-14/h4-9,11,13,15H,10,12H2,1-3H3/t13-,15+/m0/s1. The van der Waals surface area contributed by atoms with E-state index < -0.39 is 0 Å². The van der Waals surface area contributed by atoms with Crippen LogP contribution < -0.4 is 4.90 Å². The molecule has 21 heavy (non-hydrogen) atoms. The van der Waals surface area contributed by atoms with Gasteiger partial charge in [-0.05, 0) is 33.5 Å².